The minimum absolute atomic E-state index is 0.108. The zero-order valence-electron chi connectivity index (χ0n) is 16.0. The van der Waals surface area contributed by atoms with Crippen LogP contribution in [0.5, 0.6) is 0 Å². The highest BCUT2D eigenvalue weighted by Crippen LogP contribution is 2.11. The zero-order chi connectivity index (χ0) is 20.5. The van der Waals surface area contributed by atoms with Crippen molar-refractivity contribution >= 4 is 23.5 Å². The molecule has 0 bridgehead atoms. The Labute approximate surface area is 164 Å². The Bertz CT molecular complexity index is 823. The number of esters is 1. The summed E-state index contributed by atoms with van der Waals surface area (Å²) in [6, 6.07) is 15.2. The van der Waals surface area contributed by atoms with Crippen LogP contribution >= 0.6 is 0 Å². The third kappa shape index (κ3) is 5.84. The summed E-state index contributed by atoms with van der Waals surface area (Å²) in [4.78, 5) is 36.8. The third-order valence-electron chi connectivity index (χ3n) is 4.31. The molecule has 0 saturated carbocycles. The number of anilines is 1. The Balaban J connectivity index is 1.97. The lowest BCUT2D eigenvalue weighted by Crippen LogP contribution is -2.50. The number of nitrogens with one attached hydrogen (secondary N) is 2. The van der Waals surface area contributed by atoms with Crippen LogP contribution in [0.1, 0.15) is 22.8 Å². The second-order valence-corrected chi connectivity index (χ2v) is 6.47. The van der Waals surface area contributed by atoms with E-state index >= 15 is 0 Å². The van der Waals surface area contributed by atoms with Crippen molar-refractivity contribution in [3.63, 3.8) is 0 Å². The largest absolute Gasteiger partial charge is 0.467 e. The van der Waals surface area contributed by atoms with Gasteiger partial charge in [0.15, 0.2) is 0 Å². The Hall–Kier alpha value is -3.35. The molecule has 0 aliphatic carbocycles. The molecule has 2 rings (SSSR count). The van der Waals surface area contributed by atoms with Crippen LogP contribution in [0.3, 0.4) is 0 Å². The lowest BCUT2D eigenvalue weighted by Gasteiger charge is -2.20. The normalized spacial score (nSPS) is 12.5. The van der Waals surface area contributed by atoms with E-state index in [1.54, 1.807) is 31.2 Å². The van der Waals surface area contributed by atoms with E-state index in [2.05, 4.69) is 10.6 Å². The van der Waals surface area contributed by atoms with Gasteiger partial charge in [-0.2, -0.15) is 0 Å². The number of methoxy groups -OCH3 is 1. The van der Waals surface area contributed by atoms with Crippen molar-refractivity contribution in [1.82, 2.24) is 10.6 Å². The van der Waals surface area contributed by atoms with E-state index in [0.29, 0.717) is 17.7 Å². The number of ether oxygens (including phenoxy) is 1. The molecule has 2 amide bonds. The second kappa shape index (κ2) is 10.1. The zero-order valence-corrected chi connectivity index (χ0v) is 16.0. The van der Waals surface area contributed by atoms with Gasteiger partial charge in [-0.15, -0.1) is 0 Å². The number of hydrogen-bond acceptors (Lipinski definition) is 5. The lowest BCUT2D eigenvalue weighted by atomic mass is 10.00. The first-order chi connectivity index (χ1) is 13.4. The van der Waals surface area contributed by atoms with Crippen molar-refractivity contribution in [1.29, 1.82) is 0 Å². The summed E-state index contributed by atoms with van der Waals surface area (Å²) in [6.07, 6.45) is 0.535. The van der Waals surface area contributed by atoms with Gasteiger partial charge in [0, 0.05) is 18.2 Å². The first kappa shape index (κ1) is 21.0. The molecule has 148 valence electrons. The van der Waals surface area contributed by atoms with Crippen LogP contribution in [0.2, 0.25) is 0 Å². The van der Waals surface area contributed by atoms with Crippen molar-refractivity contribution in [2.75, 3.05) is 19.4 Å². The molecular formula is C21H25N3O4. The van der Waals surface area contributed by atoms with Gasteiger partial charge in [-0.1, -0.05) is 49.4 Å². The summed E-state index contributed by atoms with van der Waals surface area (Å²) in [5.74, 6) is -1.72. The Kier molecular flexibility index (Phi) is 7.56. The second-order valence-electron chi connectivity index (χ2n) is 6.47. The third-order valence-corrected chi connectivity index (χ3v) is 4.31. The molecule has 28 heavy (non-hydrogen) atoms. The minimum Gasteiger partial charge on any atom is -0.467 e. The standard InChI is InChI=1S/C21H25N3O4/c1-14(12-15-8-4-3-5-9-15)19(25)24-18(21(27)28-2)13-23-20(26)16-10-6-7-11-17(16)22/h3-11,14,18H,12-13,22H2,1-2H3,(H,23,26)(H,24,25)/t14-,18-/m0/s1. The maximum absolute atomic E-state index is 12.5. The molecule has 0 unspecified atom stereocenters. The molecule has 0 spiro atoms. The number of nitrogens with two attached hydrogens (primary N) is 1. The van der Waals surface area contributed by atoms with Crippen LogP contribution in [-0.2, 0) is 20.7 Å². The summed E-state index contributed by atoms with van der Waals surface area (Å²) < 4.78 is 4.74. The van der Waals surface area contributed by atoms with Gasteiger partial charge in [-0.25, -0.2) is 4.79 Å². The summed E-state index contributed by atoms with van der Waals surface area (Å²) >= 11 is 0. The monoisotopic (exact) mass is 383 g/mol. The van der Waals surface area contributed by atoms with E-state index in [9.17, 15) is 14.4 Å². The Morgan fingerprint density at radius 2 is 1.68 bits per heavy atom. The molecule has 0 heterocycles. The predicted molar refractivity (Wildman–Crippen MR) is 106 cm³/mol. The summed E-state index contributed by atoms with van der Waals surface area (Å²) in [5, 5.41) is 5.26. The Morgan fingerprint density at radius 3 is 2.32 bits per heavy atom. The topological polar surface area (TPSA) is 111 Å². The quantitative estimate of drug-likeness (QED) is 0.473. The fraction of sp³-hybridized carbons (Fsp3) is 0.286. The van der Waals surface area contributed by atoms with Crippen molar-refractivity contribution < 1.29 is 19.1 Å². The van der Waals surface area contributed by atoms with Gasteiger partial charge < -0.3 is 21.1 Å². The van der Waals surface area contributed by atoms with E-state index in [1.165, 1.54) is 7.11 Å². The fourth-order valence-corrected chi connectivity index (χ4v) is 2.70. The van der Waals surface area contributed by atoms with E-state index in [0.717, 1.165) is 5.56 Å². The van der Waals surface area contributed by atoms with Crippen LogP contribution in [-0.4, -0.2) is 37.5 Å². The van der Waals surface area contributed by atoms with Gasteiger partial charge in [0.2, 0.25) is 5.91 Å². The van der Waals surface area contributed by atoms with E-state index in [1.807, 2.05) is 30.3 Å². The number of amides is 2. The van der Waals surface area contributed by atoms with Crippen LogP contribution < -0.4 is 16.4 Å². The van der Waals surface area contributed by atoms with Crippen molar-refractivity contribution in [2.45, 2.75) is 19.4 Å². The van der Waals surface area contributed by atoms with Gasteiger partial charge in [-0.3, -0.25) is 9.59 Å². The molecule has 0 fully saturated rings. The predicted octanol–water partition coefficient (Wildman–Crippen LogP) is 1.54. The molecule has 2 atom stereocenters. The van der Waals surface area contributed by atoms with Crippen molar-refractivity contribution in [3.8, 4) is 0 Å². The highest BCUT2D eigenvalue weighted by Gasteiger charge is 2.25. The number of carbonyl (C=O) groups is 3. The number of benzene rings is 2. The Morgan fingerprint density at radius 1 is 1.04 bits per heavy atom. The summed E-state index contributed by atoms with van der Waals surface area (Å²) in [6.45, 7) is 1.67. The van der Waals surface area contributed by atoms with Crippen LogP contribution in [0.25, 0.3) is 0 Å². The van der Waals surface area contributed by atoms with Gasteiger partial charge in [0.05, 0.1) is 12.7 Å². The number of carbonyl (C=O) groups excluding carboxylic acids is 3. The van der Waals surface area contributed by atoms with Crippen molar-refractivity contribution in [3.05, 3.63) is 65.7 Å². The molecular weight excluding hydrogens is 358 g/mol. The SMILES string of the molecule is COC(=O)[C@H](CNC(=O)c1ccccc1N)NC(=O)[C@@H](C)Cc1ccccc1. The van der Waals surface area contributed by atoms with Gasteiger partial charge in [-0.05, 0) is 24.1 Å². The molecule has 0 aliphatic rings. The first-order valence-electron chi connectivity index (χ1n) is 8.97. The molecule has 7 nitrogen and oxygen atoms in total. The van der Waals surface area contributed by atoms with Gasteiger partial charge in [0.25, 0.3) is 5.91 Å². The maximum Gasteiger partial charge on any atom is 0.330 e. The molecule has 7 heteroatoms. The van der Waals surface area contributed by atoms with Crippen LogP contribution in [0, 0.1) is 5.92 Å². The van der Waals surface area contributed by atoms with Gasteiger partial charge >= 0.3 is 5.97 Å². The highest BCUT2D eigenvalue weighted by molar-refractivity contribution is 5.99. The number of hydrogen-bond donors (Lipinski definition) is 3. The minimum atomic E-state index is -0.996. The van der Waals surface area contributed by atoms with E-state index in [4.69, 9.17) is 10.5 Å². The molecule has 0 saturated heterocycles. The van der Waals surface area contributed by atoms with E-state index in [-0.39, 0.29) is 18.4 Å². The maximum atomic E-state index is 12.5. The molecule has 0 aromatic heterocycles. The van der Waals surface area contributed by atoms with Crippen LogP contribution in [0.4, 0.5) is 5.69 Å². The lowest BCUT2D eigenvalue weighted by molar-refractivity contribution is -0.145. The average Bonchev–Trinajstić information content (AvgIpc) is 2.71. The molecule has 2 aromatic rings. The van der Waals surface area contributed by atoms with Gasteiger partial charge in [0.1, 0.15) is 6.04 Å². The fourth-order valence-electron chi connectivity index (χ4n) is 2.70. The first-order valence-corrected chi connectivity index (χ1v) is 8.97. The molecule has 4 N–H and O–H groups in total. The van der Waals surface area contributed by atoms with Crippen LogP contribution in [0.15, 0.2) is 54.6 Å². The molecule has 0 aliphatic heterocycles. The number of nitrogen functional groups attached to an aromatic ring is 1. The molecule has 2 aromatic carbocycles. The molecule has 0 radical (unpaired) electrons. The highest BCUT2D eigenvalue weighted by atomic mass is 16.5. The summed E-state index contributed by atoms with van der Waals surface area (Å²) in [5.41, 5.74) is 7.44. The summed E-state index contributed by atoms with van der Waals surface area (Å²) in [7, 11) is 1.23. The number of rotatable bonds is 8. The number of para-hydroxylation sites is 1. The average molecular weight is 383 g/mol. The van der Waals surface area contributed by atoms with E-state index < -0.39 is 17.9 Å². The smallest absolute Gasteiger partial charge is 0.330 e. The van der Waals surface area contributed by atoms with Crippen molar-refractivity contribution in [2.24, 2.45) is 5.92 Å².